The first-order valence-corrected chi connectivity index (χ1v) is 7.28. The summed E-state index contributed by atoms with van der Waals surface area (Å²) in [6, 6.07) is -2.48. The summed E-state index contributed by atoms with van der Waals surface area (Å²) in [4.78, 5) is 36.5. The van der Waals surface area contributed by atoms with Crippen LogP contribution in [0.2, 0.25) is 0 Å². The zero-order valence-electron chi connectivity index (χ0n) is 13.0. The Morgan fingerprint density at radius 1 is 0.905 bits per heavy atom. The molecule has 1 aliphatic rings. The lowest BCUT2D eigenvalue weighted by Crippen LogP contribution is -2.53. The van der Waals surface area contributed by atoms with Crippen molar-refractivity contribution in [2.24, 2.45) is 11.8 Å². The molecule has 0 unspecified atom stereocenters. The summed E-state index contributed by atoms with van der Waals surface area (Å²) in [6.45, 7) is 7.00. The van der Waals surface area contributed by atoms with Gasteiger partial charge in [0.05, 0.1) is 6.61 Å². The second-order valence-electron chi connectivity index (χ2n) is 6.16. The molecule has 0 aromatic rings. The van der Waals surface area contributed by atoms with Crippen molar-refractivity contribution in [1.29, 1.82) is 0 Å². The largest absolute Gasteiger partial charge is 0.394 e. The van der Waals surface area contributed by atoms with Crippen LogP contribution in [-0.4, -0.2) is 47.6 Å². The monoisotopic (exact) mass is 299 g/mol. The van der Waals surface area contributed by atoms with Gasteiger partial charge in [0.1, 0.15) is 18.1 Å². The number of aliphatic hydroxyl groups is 1. The average molecular weight is 299 g/mol. The number of aliphatic hydroxyl groups excluding tert-OH is 1. The fourth-order valence-electron chi connectivity index (χ4n) is 2.22. The normalized spacial score (nSPS) is 27.6. The van der Waals surface area contributed by atoms with Gasteiger partial charge in [0.25, 0.3) is 0 Å². The molecule has 0 radical (unpaired) electrons. The maximum Gasteiger partial charge on any atom is 0.245 e. The predicted molar refractivity (Wildman–Crippen MR) is 77.2 cm³/mol. The van der Waals surface area contributed by atoms with Gasteiger partial charge in [-0.05, 0) is 18.3 Å². The Morgan fingerprint density at radius 3 is 1.90 bits per heavy atom. The van der Waals surface area contributed by atoms with E-state index in [0.29, 0.717) is 6.42 Å². The second-order valence-corrected chi connectivity index (χ2v) is 6.16. The lowest BCUT2D eigenvalue weighted by molar-refractivity contribution is -0.131. The van der Waals surface area contributed by atoms with Crippen molar-refractivity contribution < 1.29 is 19.5 Å². The molecule has 0 aliphatic carbocycles. The lowest BCUT2D eigenvalue weighted by Gasteiger charge is -2.23. The van der Waals surface area contributed by atoms with Crippen LogP contribution in [0, 0.1) is 11.8 Å². The van der Waals surface area contributed by atoms with Crippen molar-refractivity contribution in [2.45, 2.75) is 52.2 Å². The van der Waals surface area contributed by atoms with E-state index < -0.39 is 36.5 Å². The van der Waals surface area contributed by atoms with Gasteiger partial charge in [-0.15, -0.1) is 0 Å². The number of rotatable bonds is 4. The van der Waals surface area contributed by atoms with Gasteiger partial charge in [-0.3, -0.25) is 14.4 Å². The van der Waals surface area contributed by atoms with E-state index in [9.17, 15) is 19.5 Å². The van der Waals surface area contributed by atoms with Crippen molar-refractivity contribution in [3.8, 4) is 0 Å². The fraction of sp³-hybridized carbons (Fsp3) is 0.786. The summed E-state index contributed by atoms with van der Waals surface area (Å²) in [5.74, 6) is -1.30. The highest BCUT2D eigenvalue weighted by Gasteiger charge is 2.34. The van der Waals surface area contributed by atoms with Crippen LogP contribution >= 0.6 is 0 Å². The average Bonchev–Trinajstić information content (AvgIpc) is 2.42. The van der Waals surface area contributed by atoms with Crippen molar-refractivity contribution in [2.75, 3.05) is 6.61 Å². The maximum atomic E-state index is 12.3. The quantitative estimate of drug-likeness (QED) is 0.542. The topological polar surface area (TPSA) is 108 Å². The Kier molecular flexibility index (Phi) is 6.14. The van der Waals surface area contributed by atoms with E-state index in [2.05, 4.69) is 16.0 Å². The Morgan fingerprint density at radius 2 is 1.43 bits per heavy atom. The van der Waals surface area contributed by atoms with Crippen LogP contribution in [0.15, 0.2) is 0 Å². The highest BCUT2D eigenvalue weighted by molar-refractivity contribution is 5.97. The Bertz CT molecular complexity index is 409. The van der Waals surface area contributed by atoms with Gasteiger partial charge in [-0.2, -0.15) is 0 Å². The minimum Gasteiger partial charge on any atom is -0.394 e. The van der Waals surface area contributed by atoms with Gasteiger partial charge in [-0.25, -0.2) is 0 Å². The molecule has 1 fully saturated rings. The van der Waals surface area contributed by atoms with Crippen molar-refractivity contribution in [3.63, 3.8) is 0 Å². The summed E-state index contributed by atoms with van der Waals surface area (Å²) in [5, 5.41) is 17.0. The van der Waals surface area contributed by atoms with E-state index in [-0.39, 0.29) is 17.7 Å². The summed E-state index contributed by atoms with van der Waals surface area (Å²) >= 11 is 0. The van der Waals surface area contributed by atoms with E-state index in [1.165, 1.54) is 0 Å². The molecule has 3 atom stereocenters. The van der Waals surface area contributed by atoms with Gasteiger partial charge < -0.3 is 21.1 Å². The van der Waals surface area contributed by atoms with Crippen LogP contribution in [0.25, 0.3) is 0 Å². The minimum absolute atomic E-state index is 0.124. The highest BCUT2D eigenvalue weighted by Crippen LogP contribution is 2.10. The molecule has 0 saturated carbocycles. The highest BCUT2D eigenvalue weighted by atomic mass is 16.3. The SMILES string of the molecule is CC(C)C[C@@H]1NC(=O)[C@H](C(C)C)NC(=O)[C@H](CO)NC1=O. The number of nitrogens with one attached hydrogen (secondary N) is 3. The standard InChI is InChI=1S/C14H25N3O4/c1-7(2)5-9-12(19)16-10(6-18)13(20)17-11(8(3)4)14(21)15-9/h7-11,18H,5-6H2,1-4H3,(H,15,21)(H,16,19)(H,17,20)/t9-,10-,11-/m0/s1. The van der Waals surface area contributed by atoms with Gasteiger partial charge in [0.2, 0.25) is 17.7 Å². The summed E-state index contributed by atoms with van der Waals surface area (Å²) < 4.78 is 0. The molecule has 7 nitrogen and oxygen atoms in total. The van der Waals surface area contributed by atoms with Crippen molar-refractivity contribution in [3.05, 3.63) is 0 Å². The molecule has 4 N–H and O–H groups in total. The molecule has 21 heavy (non-hydrogen) atoms. The smallest absolute Gasteiger partial charge is 0.245 e. The van der Waals surface area contributed by atoms with Crippen LogP contribution in [0.1, 0.15) is 34.1 Å². The molecule has 0 aromatic carbocycles. The van der Waals surface area contributed by atoms with E-state index in [1.54, 1.807) is 0 Å². The maximum absolute atomic E-state index is 12.3. The van der Waals surface area contributed by atoms with Crippen molar-refractivity contribution in [1.82, 2.24) is 16.0 Å². The molecule has 0 spiro atoms. The van der Waals surface area contributed by atoms with Crippen LogP contribution in [-0.2, 0) is 14.4 Å². The van der Waals surface area contributed by atoms with E-state index >= 15 is 0 Å². The summed E-state index contributed by atoms with van der Waals surface area (Å²) in [7, 11) is 0. The molecule has 0 aromatic heterocycles. The van der Waals surface area contributed by atoms with E-state index in [0.717, 1.165) is 0 Å². The van der Waals surface area contributed by atoms with Gasteiger partial charge in [-0.1, -0.05) is 27.7 Å². The van der Waals surface area contributed by atoms with Crippen molar-refractivity contribution >= 4 is 17.7 Å². The zero-order valence-corrected chi connectivity index (χ0v) is 13.0. The fourth-order valence-corrected chi connectivity index (χ4v) is 2.22. The molecule has 1 rings (SSSR count). The van der Waals surface area contributed by atoms with Gasteiger partial charge in [0, 0.05) is 0 Å². The molecular formula is C14H25N3O4. The summed E-state index contributed by atoms with van der Waals surface area (Å²) in [6.07, 6.45) is 0.467. The number of hydrogen-bond acceptors (Lipinski definition) is 4. The Labute approximate surface area is 124 Å². The number of carbonyl (C=O) groups excluding carboxylic acids is 3. The number of hydrogen-bond donors (Lipinski definition) is 4. The first-order chi connectivity index (χ1) is 9.76. The predicted octanol–water partition coefficient (Wildman–Crippen LogP) is -0.851. The molecule has 1 heterocycles. The molecule has 1 aliphatic heterocycles. The first kappa shape index (κ1) is 17.4. The zero-order chi connectivity index (χ0) is 16.2. The minimum atomic E-state index is -1.04. The molecule has 3 amide bonds. The second kappa shape index (κ2) is 7.40. The third-order valence-corrected chi connectivity index (χ3v) is 3.40. The lowest BCUT2D eigenvalue weighted by atomic mass is 10.0. The van der Waals surface area contributed by atoms with E-state index in [1.807, 2.05) is 27.7 Å². The van der Waals surface area contributed by atoms with Crippen LogP contribution in [0.3, 0.4) is 0 Å². The van der Waals surface area contributed by atoms with Gasteiger partial charge in [0.15, 0.2) is 0 Å². The Balaban J connectivity index is 3.05. The van der Waals surface area contributed by atoms with Crippen LogP contribution in [0.5, 0.6) is 0 Å². The molecule has 120 valence electrons. The van der Waals surface area contributed by atoms with E-state index in [4.69, 9.17) is 0 Å². The molecule has 1 saturated heterocycles. The third kappa shape index (κ3) is 4.70. The van der Waals surface area contributed by atoms with Crippen LogP contribution < -0.4 is 16.0 Å². The number of amides is 3. The number of carbonyl (C=O) groups is 3. The first-order valence-electron chi connectivity index (χ1n) is 7.28. The van der Waals surface area contributed by atoms with Crippen LogP contribution in [0.4, 0.5) is 0 Å². The summed E-state index contributed by atoms with van der Waals surface area (Å²) in [5.41, 5.74) is 0. The molecular weight excluding hydrogens is 274 g/mol. The molecule has 7 heteroatoms. The third-order valence-electron chi connectivity index (χ3n) is 3.40. The molecule has 0 bridgehead atoms. The van der Waals surface area contributed by atoms with Gasteiger partial charge >= 0.3 is 0 Å². The Hall–Kier alpha value is -1.63.